The summed E-state index contributed by atoms with van der Waals surface area (Å²) in [5.74, 6) is 0.334. The number of fused-ring (bicyclic) bond motifs is 1. The lowest BCUT2D eigenvalue weighted by Gasteiger charge is -1.94. The van der Waals surface area contributed by atoms with Crippen LogP contribution in [0.5, 0.6) is 0 Å². The summed E-state index contributed by atoms with van der Waals surface area (Å²) >= 11 is 5.87. The largest absolute Gasteiger partial charge is 0.436 e. The summed E-state index contributed by atoms with van der Waals surface area (Å²) < 4.78 is 5.55. The number of nitro groups is 1. The van der Waals surface area contributed by atoms with E-state index in [4.69, 9.17) is 16.0 Å². The van der Waals surface area contributed by atoms with Crippen molar-refractivity contribution >= 4 is 28.4 Å². The second kappa shape index (κ2) is 4.37. The van der Waals surface area contributed by atoms with Crippen LogP contribution in [0.25, 0.3) is 22.6 Å². The number of hydrogen-bond acceptors (Lipinski definition) is 4. The predicted molar refractivity (Wildman–Crippen MR) is 71.1 cm³/mol. The molecule has 6 heteroatoms. The summed E-state index contributed by atoms with van der Waals surface area (Å²) in [5.41, 5.74) is 1.76. The van der Waals surface area contributed by atoms with Gasteiger partial charge in [0.2, 0.25) is 5.89 Å². The molecule has 0 aliphatic carbocycles. The topological polar surface area (TPSA) is 69.2 Å². The lowest BCUT2D eigenvalue weighted by Crippen LogP contribution is -1.87. The van der Waals surface area contributed by atoms with Gasteiger partial charge in [0.25, 0.3) is 5.69 Å². The highest BCUT2D eigenvalue weighted by Crippen LogP contribution is 2.28. The fourth-order valence-electron chi connectivity index (χ4n) is 1.78. The number of benzene rings is 2. The van der Waals surface area contributed by atoms with Gasteiger partial charge in [-0.3, -0.25) is 10.1 Å². The van der Waals surface area contributed by atoms with Crippen LogP contribution in [0.15, 0.2) is 46.9 Å². The minimum Gasteiger partial charge on any atom is -0.436 e. The fraction of sp³-hybridized carbons (Fsp3) is 0. The minimum absolute atomic E-state index is 0.00205. The van der Waals surface area contributed by atoms with Crippen LogP contribution in [-0.4, -0.2) is 9.91 Å². The van der Waals surface area contributed by atoms with Gasteiger partial charge in [-0.15, -0.1) is 0 Å². The molecule has 94 valence electrons. The average molecular weight is 275 g/mol. The van der Waals surface area contributed by atoms with Crippen molar-refractivity contribution in [2.75, 3.05) is 0 Å². The lowest BCUT2D eigenvalue weighted by atomic mass is 10.2. The minimum atomic E-state index is -0.455. The van der Waals surface area contributed by atoms with Gasteiger partial charge in [-0.2, -0.15) is 0 Å². The molecule has 3 aromatic rings. The number of hydrogen-bond donors (Lipinski definition) is 0. The smallest absolute Gasteiger partial charge is 0.270 e. The van der Waals surface area contributed by atoms with E-state index in [9.17, 15) is 10.1 Å². The highest BCUT2D eigenvalue weighted by Gasteiger charge is 2.12. The molecule has 0 spiro atoms. The Morgan fingerprint density at radius 3 is 2.84 bits per heavy atom. The standard InChI is InChI=1S/C13H7ClN2O3/c14-9-4-5-12-11(7-9)15-13(19-12)8-2-1-3-10(6-8)16(17)18/h1-7H. The van der Waals surface area contributed by atoms with Crippen molar-refractivity contribution in [3.8, 4) is 11.5 Å². The Kier molecular flexibility index (Phi) is 2.68. The van der Waals surface area contributed by atoms with Crippen LogP contribution < -0.4 is 0 Å². The maximum absolute atomic E-state index is 10.7. The van der Waals surface area contributed by atoms with E-state index >= 15 is 0 Å². The fourth-order valence-corrected chi connectivity index (χ4v) is 1.94. The van der Waals surface area contributed by atoms with Crippen LogP contribution in [0.1, 0.15) is 0 Å². The molecule has 0 radical (unpaired) electrons. The number of halogens is 1. The van der Waals surface area contributed by atoms with Gasteiger partial charge in [-0.25, -0.2) is 4.98 Å². The molecular formula is C13H7ClN2O3. The molecule has 19 heavy (non-hydrogen) atoms. The summed E-state index contributed by atoms with van der Waals surface area (Å²) in [6.45, 7) is 0. The second-order valence-electron chi connectivity index (χ2n) is 3.94. The molecule has 2 aromatic carbocycles. The van der Waals surface area contributed by atoms with Crippen LogP contribution in [0.2, 0.25) is 5.02 Å². The Bertz CT molecular complexity index is 782. The quantitative estimate of drug-likeness (QED) is 0.522. The monoisotopic (exact) mass is 274 g/mol. The number of nitrogens with zero attached hydrogens (tertiary/aromatic N) is 2. The van der Waals surface area contributed by atoms with Gasteiger partial charge in [0.15, 0.2) is 5.58 Å². The number of non-ortho nitro benzene ring substituents is 1. The number of nitro benzene ring substituents is 1. The zero-order chi connectivity index (χ0) is 13.4. The van der Waals surface area contributed by atoms with Crippen molar-refractivity contribution in [1.29, 1.82) is 0 Å². The van der Waals surface area contributed by atoms with E-state index < -0.39 is 4.92 Å². The third-order valence-electron chi connectivity index (χ3n) is 2.65. The van der Waals surface area contributed by atoms with Gasteiger partial charge < -0.3 is 4.42 Å². The molecule has 0 aliphatic heterocycles. The van der Waals surface area contributed by atoms with Crippen molar-refractivity contribution in [3.05, 3.63) is 57.6 Å². The summed E-state index contributed by atoms with van der Waals surface area (Å²) in [6, 6.07) is 11.2. The normalized spacial score (nSPS) is 10.8. The third-order valence-corrected chi connectivity index (χ3v) is 2.89. The Balaban J connectivity index is 2.13. The number of aromatic nitrogens is 1. The van der Waals surface area contributed by atoms with Gasteiger partial charge in [0, 0.05) is 22.7 Å². The van der Waals surface area contributed by atoms with E-state index in [-0.39, 0.29) is 5.69 Å². The van der Waals surface area contributed by atoms with Crippen LogP contribution in [0.3, 0.4) is 0 Å². The molecule has 0 N–H and O–H groups in total. The molecule has 0 fully saturated rings. The summed E-state index contributed by atoms with van der Waals surface area (Å²) in [6.07, 6.45) is 0. The first kappa shape index (κ1) is 11.7. The van der Waals surface area contributed by atoms with Crippen LogP contribution in [-0.2, 0) is 0 Å². The molecule has 5 nitrogen and oxygen atoms in total. The van der Waals surface area contributed by atoms with Crippen LogP contribution in [0.4, 0.5) is 5.69 Å². The first-order valence-electron chi connectivity index (χ1n) is 5.44. The Morgan fingerprint density at radius 2 is 2.05 bits per heavy atom. The van der Waals surface area contributed by atoms with Gasteiger partial charge in [0.1, 0.15) is 5.52 Å². The molecule has 0 unspecified atom stereocenters. The molecule has 3 rings (SSSR count). The number of oxazole rings is 1. The van der Waals surface area contributed by atoms with E-state index in [1.807, 2.05) is 0 Å². The van der Waals surface area contributed by atoms with Crippen LogP contribution in [0, 0.1) is 10.1 Å². The zero-order valence-corrected chi connectivity index (χ0v) is 10.3. The molecule has 0 saturated carbocycles. The maximum atomic E-state index is 10.7. The summed E-state index contributed by atoms with van der Waals surface area (Å²) in [5, 5.41) is 11.3. The van der Waals surface area contributed by atoms with Crippen LogP contribution >= 0.6 is 11.6 Å². The van der Waals surface area contributed by atoms with Crippen molar-refractivity contribution in [3.63, 3.8) is 0 Å². The molecule has 0 saturated heterocycles. The first-order chi connectivity index (χ1) is 9.13. The highest BCUT2D eigenvalue weighted by molar-refractivity contribution is 6.31. The molecule has 0 amide bonds. The Labute approximate surface area is 112 Å². The van der Waals surface area contributed by atoms with Gasteiger partial charge >= 0.3 is 0 Å². The number of rotatable bonds is 2. The van der Waals surface area contributed by atoms with Crippen molar-refractivity contribution in [2.45, 2.75) is 0 Å². The molecule has 1 heterocycles. The highest BCUT2D eigenvalue weighted by atomic mass is 35.5. The Hall–Kier alpha value is -2.40. The van der Waals surface area contributed by atoms with Gasteiger partial charge in [-0.05, 0) is 24.3 Å². The molecule has 0 bridgehead atoms. The molecule has 0 aliphatic rings. The summed E-state index contributed by atoms with van der Waals surface area (Å²) in [4.78, 5) is 14.6. The van der Waals surface area contributed by atoms with Crippen molar-refractivity contribution < 1.29 is 9.34 Å². The van der Waals surface area contributed by atoms with E-state index in [1.165, 1.54) is 12.1 Å². The van der Waals surface area contributed by atoms with E-state index in [2.05, 4.69) is 4.98 Å². The third kappa shape index (κ3) is 2.15. The van der Waals surface area contributed by atoms with Crippen molar-refractivity contribution in [2.24, 2.45) is 0 Å². The zero-order valence-electron chi connectivity index (χ0n) is 9.54. The molecule has 0 atom stereocenters. The van der Waals surface area contributed by atoms with E-state index in [0.717, 1.165) is 0 Å². The second-order valence-corrected chi connectivity index (χ2v) is 4.37. The SMILES string of the molecule is O=[N+]([O-])c1cccc(-c2nc3cc(Cl)ccc3o2)c1. The molecule has 1 aromatic heterocycles. The van der Waals surface area contributed by atoms with E-state index in [0.29, 0.717) is 27.6 Å². The maximum Gasteiger partial charge on any atom is 0.270 e. The first-order valence-corrected chi connectivity index (χ1v) is 5.82. The summed E-state index contributed by atoms with van der Waals surface area (Å²) in [7, 11) is 0. The predicted octanol–water partition coefficient (Wildman–Crippen LogP) is 4.06. The van der Waals surface area contributed by atoms with E-state index in [1.54, 1.807) is 30.3 Å². The lowest BCUT2D eigenvalue weighted by molar-refractivity contribution is -0.384. The van der Waals surface area contributed by atoms with Gasteiger partial charge in [0.05, 0.1) is 4.92 Å². The van der Waals surface area contributed by atoms with Gasteiger partial charge in [-0.1, -0.05) is 17.7 Å². The average Bonchev–Trinajstić information content (AvgIpc) is 2.81. The Morgan fingerprint density at radius 1 is 1.21 bits per heavy atom. The molecular weight excluding hydrogens is 268 g/mol. The van der Waals surface area contributed by atoms with Crippen molar-refractivity contribution in [1.82, 2.24) is 4.98 Å².